The van der Waals surface area contributed by atoms with Crippen LogP contribution >= 0.6 is 11.3 Å². The molecule has 4 nitrogen and oxygen atoms in total. The maximum absolute atomic E-state index is 12.8. The first-order valence-corrected chi connectivity index (χ1v) is 10.9. The first kappa shape index (κ1) is 17.6. The molecule has 130 valence electrons. The molecule has 1 aliphatic heterocycles. The van der Waals surface area contributed by atoms with Crippen molar-refractivity contribution in [1.82, 2.24) is 9.29 Å². The van der Waals surface area contributed by atoms with Gasteiger partial charge in [-0.05, 0) is 37.3 Å². The molecule has 0 radical (unpaired) electrons. The summed E-state index contributed by atoms with van der Waals surface area (Å²) in [6.45, 7) is 5.26. The van der Waals surface area contributed by atoms with Crippen LogP contribution in [0.25, 0.3) is 0 Å². The Hall–Kier alpha value is -1.24. The van der Waals surface area contributed by atoms with Crippen LogP contribution in [0.3, 0.4) is 0 Å². The molecule has 0 aliphatic carbocycles. The van der Waals surface area contributed by atoms with E-state index >= 15 is 0 Å². The van der Waals surface area contributed by atoms with Gasteiger partial charge in [0.05, 0.1) is 10.8 Å². The molecule has 0 N–H and O–H groups in total. The van der Waals surface area contributed by atoms with E-state index < -0.39 is 10.0 Å². The molecule has 2 aromatic rings. The average Bonchev–Trinajstić information content (AvgIpc) is 3.02. The second kappa shape index (κ2) is 7.33. The molecule has 1 aromatic heterocycles. The molecule has 1 saturated heterocycles. The number of hydrogen-bond acceptors (Lipinski definition) is 4. The smallest absolute Gasteiger partial charge is 0.218 e. The number of piperidine rings is 1. The van der Waals surface area contributed by atoms with E-state index in [1.165, 1.54) is 5.56 Å². The van der Waals surface area contributed by atoms with Gasteiger partial charge in [-0.2, -0.15) is 0 Å². The quantitative estimate of drug-likeness (QED) is 0.812. The van der Waals surface area contributed by atoms with Gasteiger partial charge in [-0.15, -0.1) is 11.3 Å². The topological polar surface area (TPSA) is 50.3 Å². The standard InChI is InChI=1S/C18H24N2O2S2/c1-3-15-6-8-16(9-7-15)13-24(21,22)20-10-4-5-17(11-20)18-19-14(2)12-23-18/h6-9,12,17H,3-5,10-11,13H2,1-2H3/t17-/m0/s1. The van der Waals surface area contributed by atoms with E-state index in [0.29, 0.717) is 13.1 Å². The van der Waals surface area contributed by atoms with Gasteiger partial charge in [0.2, 0.25) is 10.0 Å². The van der Waals surface area contributed by atoms with Gasteiger partial charge in [0.1, 0.15) is 0 Å². The summed E-state index contributed by atoms with van der Waals surface area (Å²) in [6, 6.07) is 7.90. The Bertz CT molecular complexity index is 782. The highest BCUT2D eigenvalue weighted by molar-refractivity contribution is 7.88. The Morgan fingerprint density at radius 2 is 1.96 bits per heavy atom. The van der Waals surface area contributed by atoms with Crippen molar-refractivity contribution >= 4 is 21.4 Å². The van der Waals surface area contributed by atoms with Crippen molar-refractivity contribution in [1.29, 1.82) is 0 Å². The maximum atomic E-state index is 12.8. The van der Waals surface area contributed by atoms with Gasteiger partial charge in [0, 0.05) is 30.1 Å². The van der Waals surface area contributed by atoms with Crippen molar-refractivity contribution in [2.24, 2.45) is 0 Å². The molecule has 24 heavy (non-hydrogen) atoms. The van der Waals surface area contributed by atoms with Crippen LogP contribution in [-0.2, 0) is 22.2 Å². The highest BCUT2D eigenvalue weighted by Crippen LogP contribution is 2.31. The molecule has 1 fully saturated rings. The predicted molar refractivity (Wildman–Crippen MR) is 98.8 cm³/mol. The Kier molecular flexibility index (Phi) is 5.37. The van der Waals surface area contributed by atoms with Gasteiger partial charge in [-0.25, -0.2) is 17.7 Å². The molecule has 1 atom stereocenters. The number of nitrogens with zero attached hydrogens (tertiary/aromatic N) is 2. The number of rotatable bonds is 5. The van der Waals surface area contributed by atoms with Crippen molar-refractivity contribution < 1.29 is 8.42 Å². The van der Waals surface area contributed by atoms with Crippen molar-refractivity contribution in [3.05, 3.63) is 51.5 Å². The lowest BCUT2D eigenvalue weighted by Gasteiger charge is -2.31. The van der Waals surface area contributed by atoms with Gasteiger partial charge in [0.15, 0.2) is 0 Å². The Balaban J connectivity index is 1.71. The van der Waals surface area contributed by atoms with Gasteiger partial charge in [-0.1, -0.05) is 31.2 Å². The molecule has 1 aliphatic rings. The summed E-state index contributed by atoms with van der Waals surface area (Å²) >= 11 is 1.64. The highest BCUT2D eigenvalue weighted by Gasteiger charge is 2.30. The Morgan fingerprint density at radius 3 is 2.58 bits per heavy atom. The van der Waals surface area contributed by atoms with Crippen LogP contribution in [0.1, 0.15) is 47.5 Å². The minimum atomic E-state index is -3.28. The van der Waals surface area contributed by atoms with Crippen LogP contribution < -0.4 is 0 Å². The van der Waals surface area contributed by atoms with E-state index in [0.717, 1.165) is 35.5 Å². The minimum Gasteiger partial charge on any atom is -0.246 e. The van der Waals surface area contributed by atoms with Gasteiger partial charge >= 0.3 is 0 Å². The summed E-state index contributed by atoms with van der Waals surface area (Å²) < 4.78 is 27.3. The molecular weight excluding hydrogens is 340 g/mol. The van der Waals surface area contributed by atoms with E-state index in [1.54, 1.807) is 15.6 Å². The average molecular weight is 365 g/mol. The maximum Gasteiger partial charge on any atom is 0.218 e. The lowest BCUT2D eigenvalue weighted by molar-refractivity contribution is 0.315. The normalized spacial score (nSPS) is 19.5. The molecule has 0 saturated carbocycles. The third kappa shape index (κ3) is 4.05. The molecule has 1 aromatic carbocycles. The third-order valence-electron chi connectivity index (χ3n) is 4.54. The van der Waals surface area contributed by atoms with E-state index in [1.807, 2.05) is 36.6 Å². The van der Waals surface area contributed by atoms with Crippen molar-refractivity contribution in [2.75, 3.05) is 13.1 Å². The van der Waals surface area contributed by atoms with Crippen LogP contribution in [0.2, 0.25) is 0 Å². The van der Waals surface area contributed by atoms with Crippen LogP contribution in [0.15, 0.2) is 29.6 Å². The number of aromatic nitrogens is 1. The minimum absolute atomic E-state index is 0.0839. The lowest BCUT2D eigenvalue weighted by atomic mass is 10.0. The molecular formula is C18H24N2O2S2. The van der Waals surface area contributed by atoms with E-state index in [2.05, 4.69) is 11.9 Å². The monoisotopic (exact) mass is 364 g/mol. The molecule has 0 amide bonds. The number of sulfonamides is 1. The summed E-state index contributed by atoms with van der Waals surface area (Å²) in [5, 5.41) is 3.11. The van der Waals surface area contributed by atoms with E-state index in [9.17, 15) is 8.42 Å². The van der Waals surface area contributed by atoms with Gasteiger partial charge < -0.3 is 0 Å². The van der Waals surface area contributed by atoms with Crippen molar-refractivity contribution in [3.8, 4) is 0 Å². The third-order valence-corrected chi connectivity index (χ3v) is 7.49. The van der Waals surface area contributed by atoms with Crippen LogP contribution in [0.4, 0.5) is 0 Å². The molecule has 2 heterocycles. The molecule has 0 unspecified atom stereocenters. The predicted octanol–water partition coefficient (Wildman–Crippen LogP) is 3.72. The number of benzene rings is 1. The zero-order chi connectivity index (χ0) is 17.2. The van der Waals surface area contributed by atoms with Gasteiger partial charge in [0.25, 0.3) is 0 Å². The first-order valence-electron chi connectivity index (χ1n) is 8.45. The summed E-state index contributed by atoms with van der Waals surface area (Å²) in [7, 11) is -3.28. The summed E-state index contributed by atoms with van der Waals surface area (Å²) in [5.41, 5.74) is 3.11. The van der Waals surface area contributed by atoms with E-state index in [4.69, 9.17) is 0 Å². The van der Waals surface area contributed by atoms with Crippen molar-refractivity contribution in [2.45, 2.75) is 44.8 Å². The van der Waals surface area contributed by atoms with Crippen molar-refractivity contribution in [3.63, 3.8) is 0 Å². The highest BCUT2D eigenvalue weighted by atomic mass is 32.2. The van der Waals surface area contributed by atoms with E-state index in [-0.39, 0.29) is 11.7 Å². The zero-order valence-electron chi connectivity index (χ0n) is 14.2. The molecule has 6 heteroatoms. The number of hydrogen-bond donors (Lipinski definition) is 0. The zero-order valence-corrected chi connectivity index (χ0v) is 15.9. The van der Waals surface area contributed by atoms with Crippen LogP contribution in [-0.4, -0.2) is 30.8 Å². The molecule has 0 bridgehead atoms. The summed E-state index contributed by atoms with van der Waals surface area (Å²) in [5.74, 6) is 0.315. The Morgan fingerprint density at radius 1 is 1.25 bits per heavy atom. The fourth-order valence-electron chi connectivity index (χ4n) is 3.13. The SMILES string of the molecule is CCc1ccc(CS(=O)(=O)N2CCC[C@H](c3nc(C)cs3)C2)cc1. The Labute approximate surface area is 148 Å². The second-order valence-electron chi connectivity index (χ2n) is 6.45. The van der Waals surface area contributed by atoms with Crippen LogP contribution in [0.5, 0.6) is 0 Å². The fourth-order valence-corrected chi connectivity index (χ4v) is 5.67. The first-order chi connectivity index (χ1) is 11.5. The largest absolute Gasteiger partial charge is 0.246 e. The lowest BCUT2D eigenvalue weighted by Crippen LogP contribution is -2.39. The summed E-state index contributed by atoms with van der Waals surface area (Å²) in [4.78, 5) is 4.55. The van der Waals surface area contributed by atoms with Crippen LogP contribution in [0, 0.1) is 6.92 Å². The number of aryl methyl sites for hydroxylation is 2. The second-order valence-corrected chi connectivity index (χ2v) is 9.31. The fraction of sp³-hybridized carbons (Fsp3) is 0.500. The molecule has 0 spiro atoms. The van der Waals surface area contributed by atoms with Gasteiger partial charge in [-0.3, -0.25) is 0 Å². The molecule has 3 rings (SSSR count). The summed E-state index contributed by atoms with van der Waals surface area (Å²) in [6.07, 6.45) is 2.88. The number of thiazole rings is 1.